The van der Waals surface area contributed by atoms with E-state index in [9.17, 15) is 24.3 Å². The van der Waals surface area contributed by atoms with Crippen molar-refractivity contribution < 1.29 is 29.0 Å². The zero-order valence-electron chi connectivity index (χ0n) is 22.2. The van der Waals surface area contributed by atoms with Crippen LogP contribution in [0.5, 0.6) is 0 Å². The molecular weight excluding hydrogens is 476 g/mol. The predicted molar refractivity (Wildman–Crippen MR) is 140 cm³/mol. The topological polar surface area (TPSA) is 151 Å². The van der Waals surface area contributed by atoms with Gasteiger partial charge in [0.2, 0.25) is 17.7 Å². The molecule has 2 unspecified atom stereocenters. The number of unbranched alkanes of at least 4 members (excludes halogenated alkanes) is 2. The fraction of sp³-hybridized carbons (Fsp3) is 0.556. The Morgan fingerprint density at radius 1 is 1.16 bits per heavy atom. The maximum atomic E-state index is 13.7. The van der Waals surface area contributed by atoms with Crippen LogP contribution in [0.4, 0.5) is 4.79 Å². The molecule has 0 fully saturated rings. The lowest BCUT2D eigenvalue weighted by atomic mass is 10.00. The molecule has 10 nitrogen and oxygen atoms in total. The van der Waals surface area contributed by atoms with Crippen molar-refractivity contribution >= 4 is 23.8 Å². The fourth-order valence-electron chi connectivity index (χ4n) is 3.59. The molecule has 1 aromatic carbocycles. The highest BCUT2D eigenvalue weighted by Crippen LogP contribution is 2.24. The van der Waals surface area contributed by atoms with Gasteiger partial charge in [-0.25, -0.2) is 4.79 Å². The van der Waals surface area contributed by atoms with Gasteiger partial charge in [-0.2, -0.15) is 0 Å². The standard InChI is InChI=1S/C27H40N4O6/c1-6-8-9-16-29-24(34)23(20-12-10-19(7-2)11-13-20)31(17-18-32)25(35)21(14-15-22(28)33)30-26(36)37-27(3,4)5/h2,10-13,21,23,32H,6,8-9,14-18H2,1,3-5H3,(H2,28,33)(H,29,34)(H,30,36). The van der Waals surface area contributed by atoms with Crippen molar-refractivity contribution in [1.29, 1.82) is 0 Å². The molecule has 0 aliphatic carbocycles. The zero-order chi connectivity index (χ0) is 28.0. The highest BCUT2D eigenvalue weighted by molar-refractivity contribution is 5.92. The van der Waals surface area contributed by atoms with E-state index in [0.29, 0.717) is 17.7 Å². The number of nitrogens with two attached hydrogens (primary N) is 1. The highest BCUT2D eigenvalue weighted by atomic mass is 16.6. The number of rotatable bonds is 14. The van der Waals surface area contributed by atoms with Gasteiger partial charge in [-0.3, -0.25) is 14.4 Å². The second kappa shape index (κ2) is 15.5. The van der Waals surface area contributed by atoms with Gasteiger partial charge in [0, 0.05) is 25.1 Å². The number of primary amides is 1. The molecule has 0 saturated heterocycles. The van der Waals surface area contributed by atoms with Crippen molar-refractivity contribution in [2.24, 2.45) is 5.73 Å². The molecule has 0 heterocycles. The molecule has 0 bridgehead atoms. The lowest BCUT2D eigenvalue weighted by Gasteiger charge is -2.34. The number of ether oxygens (including phenoxy) is 1. The van der Waals surface area contributed by atoms with E-state index in [-0.39, 0.29) is 19.4 Å². The number of terminal acetylenes is 1. The van der Waals surface area contributed by atoms with Gasteiger partial charge in [-0.05, 0) is 51.3 Å². The third kappa shape index (κ3) is 11.3. The molecule has 0 aromatic heterocycles. The Labute approximate surface area is 219 Å². The van der Waals surface area contributed by atoms with Crippen LogP contribution in [0.3, 0.4) is 0 Å². The van der Waals surface area contributed by atoms with Gasteiger partial charge >= 0.3 is 6.09 Å². The first-order chi connectivity index (χ1) is 17.4. The van der Waals surface area contributed by atoms with Gasteiger partial charge in [0.15, 0.2) is 0 Å². The number of aliphatic hydroxyl groups is 1. The molecule has 0 radical (unpaired) electrons. The Kier molecular flexibility index (Phi) is 13.2. The number of hydrogen-bond acceptors (Lipinski definition) is 6. The summed E-state index contributed by atoms with van der Waals surface area (Å²) in [6.07, 6.45) is 6.95. The summed E-state index contributed by atoms with van der Waals surface area (Å²) in [7, 11) is 0. The molecule has 4 amide bonds. The quantitative estimate of drug-likeness (QED) is 0.219. The van der Waals surface area contributed by atoms with Crippen molar-refractivity contribution in [3.63, 3.8) is 0 Å². The first kappa shape index (κ1) is 31.4. The van der Waals surface area contributed by atoms with Gasteiger partial charge in [-0.1, -0.05) is 37.8 Å². The Hall–Kier alpha value is -3.58. The Balaban J connectivity index is 3.39. The van der Waals surface area contributed by atoms with Crippen LogP contribution in [0, 0.1) is 12.3 Å². The van der Waals surface area contributed by atoms with Crippen molar-refractivity contribution in [1.82, 2.24) is 15.5 Å². The monoisotopic (exact) mass is 516 g/mol. The molecular formula is C27H40N4O6. The largest absolute Gasteiger partial charge is 0.444 e. The normalized spacial score (nSPS) is 12.5. The first-order valence-electron chi connectivity index (χ1n) is 12.5. The van der Waals surface area contributed by atoms with Gasteiger partial charge in [0.1, 0.15) is 17.7 Å². The Morgan fingerprint density at radius 3 is 2.32 bits per heavy atom. The van der Waals surface area contributed by atoms with Crippen molar-refractivity contribution in [3.8, 4) is 12.3 Å². The predicted octanol–water partition coefficient (Wildman–Crippen LogP) is 2.00. The number of amides is 4. The average molecular weight is 517 g/mol. The Bertz CT molecular complexity index is 949. The molecule has 37 heavy (non-hydrogen) atoms. The summed E-state index contributed by atoms with van der Waals surface area (Å²) in [5.74, 6) is 0.730. The van der Waals surface area contributed by atoms with E-state index in [4.69, 9.17) is 16.9 Å². The molecule has 1 aromatic rings. The van der Waals surface area contributed by atoms with Crippen LogP contribution in [0.15, 0.2) is 24.3 Å². The first-order valence-corrected chi connectivity index (χ1v) is 12.5. The van der Waals surface area contributed by atoms with Crippen LogP contribution in [-0.2, 0) is 19.1 Å². The second-order valence-corrected chi connectivity index (χ2v) is 9.63. The number of aliphatic hydroxyl groups excluding tert-OH is 1. The molecule has 0 aliphatic heterocycles. The summed E-state index contributed by atoms with van der Waals surface area (Å²) < 4.78 is 5.27. The van der Waals surface area contributed by atoms with Crippen LogP contribution < -0.4 is 16.4 Å². The molecule has 5 N–H and O–H groups in total. The van der Waals surface area contributed by atoms with E-state index >= 15 is 0 Å². The minimum atomic E-state index is -1.23. The zero-order valence-corrected chi connectivity index (χ0v) is 22.2. The SMILES string of the molecule is C#Cc1ccc(C(C(=O)NCCCCC)N(CCO)C(=O)C(CCC(N)=O)NC(=O)OC(C)(C)C)cc1. The van der Waals surface area contributed by atoms with E-state index < -0.39 is 48.1 Å². The minimum Gasteiger partial charge on any atom is -0.444 e. The minimum absolute atomic E-state index is 0.115. The molecule has 0 aliphatic rings. The summed E-state index contributed by atoms with van der Waals surface area (Å²) >= 11 is 0. The summed E-state index contributed by atoms with van der Waals surface area (Å²) in [6.45, 7) is 6.82. The van der Waals surface area contributed by atoms with Crippen LogP contribution in [0.25, 0.3) is 0 Å². The van der Waals surface area contributed by atoms with E-state index in [2.05, 4.69) is 16.6 Å². The van der Waals surface area contributed by atoms with Gasteiger partial charge in [0.05, 0.1) is 6.61 Å². The second-order valence-electron chi connectivity index (χ2n) is 9.63. The van der Waals surface area contributed by atoms with Gasteiger partial charge in [-0.15, -0.1) is 6.42 Å². The molecule has 0 saturated carbocycles. The summed E-state index contributed by atoms with van der Waals surface area (Å²) in [6, 6.07) is 4.24. The number of nitrogens with one attached hydrogen (secondary N) is 2. The fourth-order valence-corrected chi connectivity index (χ4v) is 3.59. The summed E-state index contributed by atoms with van der Waals surface area (Å²) in [5.41, 5.74) is 5.52. The number of hydrogen-bond donors (Lipinski definition) is 4. The van der Waals surface area contributed by atoms with Gasteiger partial charge in [0.25, 0.3) is 0 Å². The van der Waals surface area contributed by atoms with Gasteiger partial charge < -0.3 is 31.1 Å². The van der Waals surface area contributed by atoms with E-state index in [1.54, 1.807) is 45.0 Å². The van der Waals surface area contributed by atoms with Crippen molar-refractivity contribution in [2.75, 3.05) is 19.7 Å². The molecule has 0 spiro atoms. The number of benzene rings is 1. The van der Waals surface area contributed by atoms with Crippen LogP contribution in [0.2, 0.25) is 0 Å². The lowest BCUT2D eigenvalue weighted by Crippen LogP contribution is -2.54. The number of carbonyl (C=O) groups excluding carboxylic acids is 4. The Morgan fingerprint density at radius 2 is 1.81 bits per heavy atom. The molecule has 1 rings (SSSR count). The maximum Gasteiger partial charge on any atom is 0.408 e. The van der Waals surface area contributed by atoms with Crippen molar-refractivity contribution in [2.45, 2.75) is 77.5 Å². The van der Waals surface area contributed by atoms with E-state index in [1.165, 1.54) is 4.90 Å². The smallest absolute Gasteiger partial charge is 0.408 e. The molecule has 10 heteroatoms. The lowest BCUT2D eigenvalue weighted by molar-refractivity contribution is -0.143. The third-order valence-electron chi connectivity index (χ3n) is 5.33. The maximum absolute atomic E-state index is 13.7. The van der Waals surface area contributed by atoms with Crippen LogP contribution in [-0.4, -0.2) is 65.2 Å². The summed E-state index contributed by atoms with van der Waals surface area (Å²) in [4.78, 5) is 52.2. The third-order valence-corrected chi connectivity index (χ3v) is 5.33. The number of carbonyl (C=O) groups is 4. The average Bonchev–Trinajstić information content (AvgIpc) is 2.82. The number of alkyl carbamates (subject to hydrolysis) is 1. The molecule has 2 atom stereocenters. The van der Waals surface area contributed by atoms with Crippen LogP contribution in [0.1, 0.15) is 77.0 Å². The van der Waals surface area contributed by atoms with Crippen LogP contribution >= 0.6 is 0 Å². The van der Waals surface area contributed by atoms with E-state index in [0.717, 1.165) is 19.3 Å². The highest BCUT2D eigenvalue weighted by Gasteiger charge is 2.36. The number of nitrogens with zero attached hydrogens (tertiary/aromatic N) is 1. The summed E-state index contributed by atoms with van der Waals surface area (Å²) in [5, 5.41) is 15.1. The van der Waals surface area contributed by atoms with Crippen molar-refractivity contribution in [3.05, 3.63) is 35.4 Å². The molecule has 204 valence electrons. The van der Waals surface area contributed by atoms with E-state index in [1.807, 2.05) is 6.92 Å².